The number of allylic oxidation sites excluding steroid dienone is 3. The number of ether oxygens (including phenoxy) is 2. The van der Waals surface area contributed by atoms with E-state index in [4.69, 9.17) is 9.47 Å². The second-order valence-electron chi connectivity index (χ2n) is 11.7. The Morgan fingerprint density at radius 1 is 0.956 bits per heavy atom. The van der Waals surface area contributed by atoms with Gasteiger partial charge in [0.25, 0.3) is 5.09 Å². The number of unbranched alkanes of at least 4 members (excludes halogenated alkanes) is 1. The van der Waals surface area contributed by atoms with Gasteiger partial charge in [0, 0.05) is 45.7 Å². The minimum Gasteiger partial charge on any atom is -0.493 e. The van der Waals surface area contributed by atoms with E-state index in [1.165, 1.54) is 25.3 Å². The van der Waals surface area contributed by atoms with Crippen molar-refractivity contribution in [3.63, 3.8) is 0 Å². The fraction of sp³-hybridized carbons (Fsp3) is 0.667. The number of halogens is 3. The van der Waals surface area contributed by atoms with E-state index >= 15 is 0 Å². The molecule has 1 aromatic rings. The predicted octanol–water partition coefficient (Wildman–Crippen LogP) is 6.71. The number of rotatable bonds is 19. The number of carbonyl (C=O) groups is 1. The second kappa shape index (κ2) is 20.1. The predicted molar refractivity (Wildman–Crippen MR) is 165 cm³/mol. The Kier molecular flexibility index (Phi) is 16.2. The number of benzene rings is 1. The summed E-state index contributed by atoms with van der Waals surface area (Å²) in [5, 5.41) is 9.44. The first-order valence-electron chi connectivity index (χ1n) is 16.2. The van der Waals surface area contributed by atoms with Crippen LogP contribution < -0.4 is 4.74 Å². The number of nitrogens with zero attached hydrogens (tertiary/aromatic N) is 3. The van der Waals surface area contributed by atoms with Crippen molar-refractivity contribution in [2.45, 2.75) is 70.4 Å². The van der Waals surface area contributed by atoms with Crippen molar-refractivity contribution in [2.24, 2.45) is 11.8 Å². The summed E-state index contributed by atoms with van der Waals surface area (Å²) in [5.41, 5.74) is -0.703. The van der Waals surface area contributed by atoms with Gasteiger partial charge in [-0.2, -0.15) is 13.2 Å². The molecule has 9 nitrogen and oxygen atoms in total. The molecule has 0 amide bonds. The molecule has 0 aromatic heterocycles. The van der Waals surface area contributed by atoms with Crippen LogP contribution in [0.2, 0.25) is 0 Å². The van der Waals surface area contributed by atoms with Crippen LogP contribution in [0.1, 0.15) is 69.8 Å². The van der Waals surface area contributed by atoms with Crippen LogP contribution in [-0.2, 0) is 20.5 Å². The lowest BCUT2D eigenvalue weighted by Crippen LogP contribution is -2.47. The lowest BCUT2D eigenvalue weighted by Gasteiger charge is -2.34. The Labute approximate surface area is 264 Å². The number of carbonyl (C=O) groups excluding carboxylic acids is 1. The fourth-order valence-corrected chi connectivity index (χ4v) is 5.84. The van der Waals surface area contributed by atoms with E-state index in [9.17, 15) is 28.1 Å². The molecule has 0 bridgehead atoms. The van der Waals surface area contributed by atoms with Crippen molar-refractivity contribution in [1.82, 2.24) is 9.80 Å². The molecule has 0 N–H and O–H groups in total. The summed E-state index contributed by atoms with van der Waals surface area (Å²) in [5.74, 6) is 1.13. The molecule has 1 aliphatic carbocycles. The Morgan fingerprint density at radius 2 is 1.71 bits per heavy atom. The van der Waals surface area contributed by atoms with Crippen molar-refractivity contribution in [1.29, 1.82) is 0 Å². The summed E-state index contributed by atoms with van der Waals surface area (Å²) < 4.78 is 49.6. The highest BCUT2D eigenvalue weighted by Crippen LogP contribution is 2.34. The van der Waals surface area contributed by atoms with Gasteiger partial charge < -0.3 is 19.2 Å². The Hall–Kier alpha value is -3.12. The molecule has 1 aliphatic heterocycles. The monoisotopic (exact) mass is 639 g/mol. The minimum atomic E-state index is -4.38. The first-order valence-corrected chi connectivity index (χ1v) is 16.2. The van der Waals surface area contributed by atoms with Crippen molar-refractivity contribution in [3.05, 3.63) is 64.2 Å². The average molecular weight is 640 g/mol. The van der Waals surface area contributed by atoms with Gasteiger partial charge >= 0.3 is 12.1 Å². The third-order valence-corrected chi connectivity index (χ3v) is 8.37. The van der Waals surface area contributed by atoms with E-state index in [1.807, 2.05) is 0 Å². The van der Waals surface area contributed by atoms with E-state index in [0.717, 1.165) is 70.5 Å². The highest BCUT2D eigenvalue weighted by Gasteiger charge is 2.30. The summed E-state index contributed by atoms with van der Waals surface area (Å²) in [6.07, 6.45) is 13.4. The van der Waals surface area contributed by atoms with Gasteiger partial charge in [-0.15, -0.1) is 10.1 Å². The third-order valence-electron chi connectivity index (χ3n) is 8.37. The quantitative estimate of drug-likeness (QED) is 0.0542. The van der Waals surface area contributed by atoms with Gasteiger partial charge in [0.2, 0.25) is 0 Å². The zero-order chi connectivity index (χ0) is 32.3. The third kappa shape index (κ3) is 15.1. The molecular formula is C33H48F3N3O6. The molecule has 2 atom stereocenters. The van der Waals surface area contributed by atoms with Crippen LogP contribution in [0.15, 0.2) is 48.6 Å². The van der Waals surface area contributed by atoms with Crippen LogP contribution in [0.5, 0.6) is 5.75 Å². The van der Waals surface area contributed by atoms with Crippen molar-refractivity contribution >= 4 is 5.97 Å². The summed E-state index contributed by atoms with van der Waals surface area (Å²) in [6.45, 7) is 5.87. The molecule has 1 saturated carbocycles. The summed E-state index contributed by atoms with van der Waals surface area (Å²) in [7, 11) is 0. The highest BCUT2D eigenvalue weighted by molar-refractivity contribution is 5.69. The first-order chi connectivity index (χ1) is 21.7. The van der Waals surface area contributed by atoms with Crippen molar-refractivity contribution in [2.75, 3.05) is 59.1 Å². The second-order valence-corrected chi connectivity index (χ2v) is 11.7. The average Bonchev–Trinajstić information content (AvgIpc) is 3.02. The Bertz CT molecular complexity index is 1080. The molecule has 1 aromatic carbocycles. The molecule has 45 heavy (non-hydrogen) atoms. The molecule has 252 valence electrons. The maximum atomic E-state index is 12.9. The minimum absolute atomic E-state index is 0.121. The van der Waals surface area contributed by atoms with Gasteiger partial charge in [-0.25, -0.2) is 0 Å². The molecule has 2 unspecified atom stereocenters. The maximum Gasteiger partial charge on any atom is 0.416 e. The molecule has 2 fully saturated rings. The fourth-order valence-electron chi connectivity index (χ4n) is 5.84. The SMILES string of the molecule is O=C(CCC/C=C\CC1CCCCC1/C=C/CCOc1cccc(C(F)(F)F)c1)OCCN1CCN(CCCO[N+](=O)[O-])CC1. The molecule has 0 radical (unpaired) electrons. The van der Waals surface area contributed by atoms with E-state index in [0.29, 0.717) is 50.9 Å². The van der Waals surface area contributed by atoms with Crippen molar-refractivity contribution in [3.8, 4) is 5.75 Å². The first kappa shape index (κ1) is 36.3. The van der Waals surface area contributed by atoms with E-state index in [2.05, 4.69) is 38.9 Å². The summed E-state index contributed by atoms with van der Waals surface area (Å²) in [6, 6.07) is 4.98. The number of esters is 1. The molecule has 3 rings (SSSR count). The lowest BCUT2D eigenvalue weighted by atomic mass is 9.77. The number of hydrogen-bond donors (Lipinski definition) is 0. The maximum absolute atomic E-state index is 12.9. The molecular weight excluding hydrogens is 591 g/mol. The standard InChI is InChI=1S/C33H48F3N3O6/c34-33(35,36)30-15-9-16-31(27-30)43-24-8-7-14-29-13-6-5-12-28(29)11-3-1-2-4-17-32(40)44-26-23-38-21-19-37(20-22-38)18-10-25-45-39(41)42/h1,3,7,9,14-16,27-29H,2,4-6,8,10-13,17-26H2/b3-1-,14-7+. The van der Waals surface area contributed by atoms with E-state index < -0.39 is 16.8 Å². The number of piperazine rings is 1. The van der Waals surface area contributed by atoms with Crippen LogP contribution in [0.25, 0.3) is 0 Å². The van der Waals surface area contributed by atoms with Gasteiger partial charge in [0.1, 0.15) is 12.4 Å². The van der Waals surface area contributed by atoms with Crippen LogP contribution in [0.3, 0.4) is 0 Å². The molecule has 12 heteroatoms. The highest BCUT2D eigenvalue weighted by atomic mass is 19.4. The molecule has 0 spiro atoms. The summed E-state index contributed by atoms with van der Waals surface area (Å²) >= 11 is 0. The smallest absolute Gasteiger partial charge is 0.416 e. The topological polar surface area (TPSA) is 94.4 Å². The lowest BCUT2D eigenvalue weighted by molar-refractivity contribution is -0.757. The molecule has 2 aliphatic rings. The van der Waals surface area contributed by atoms with Crippen LogP contribution in [-0.4, -0.2) is 79.9 Å². The van der Waals surface area contributed by atoms with E-state index in [-0.39, 0.29) is 18.3 Å². The zero-order valence-corrected chi connectivity index (χ0v) is 26.1. The number of alkyl halides is 3. The van der Waals surface area contributed by atoms with Gasteiger partial charge in [0.05, 0.1) is 18.8 Å². The van der Waals surface area contributed by atoms with E-state index in [1.54, 1.807) is 6.07 Å². The van der Waals surface area contributed by atoms with Crippen molar-refractivity contribution < 1.29 is 37.4 Å². The van der Waals surface area contributed by atoms with Gasteiger partial charge in [-0.3, -0.25) is 9.69 Å². The van der Waals surface area contributed by atoms with Gasteiger partial charge in [-0.1, -0.05) is 43.2 Å². The zero-order valence-electron chi connectivity index (χ0n) is 26.1. The van der Waals surface area contributed by atoms with Crippen LogP contribution >= 0.6 is 0 Å². The molecule has 1 heterocycles. The Balaban J connectivity index is 1.21. The van der Waals surface area contributed by atoms with Gasteiger partial charge in [-0.05, 0) is 75.0 Å². The Morgan fingerprint density at radius 3 is 2.47 bits per heavy atom. The van der Waals surface area contributed by atoms with Crippen LogP contribution in [0.4, 0.5) is 13.2 Å². The molecule has 1 saturated heterocycles. The normalized spacial score (nSPS) is 20.1. The van der Waals surface area contributed by atoms with Crippen LogP contribution in [0, 0.1) is 22.0 Å². The largest absolute Gasteiger partial charge is 0.493 e. The van der Waals surface area contributed by atoms with Gasteiger partial charge in [0.15, 0.2) is 0 Å². The number of hydrogen-bond acceptors (Lipinski definition) is 8. The summed E-state index contributed by atoms with van der Waals surface area (Å²) in [4.78, 5) is 31.2.